The quantitative estimate of drug-likeness (QED) is 0.309. The van der Waals surface area contributed by atoms with Crippen LogP contribution in [0.25, 0.3) is 5.57 Å². The van der Waals surface area contributed by atoms with Crippen molar-refractivity contribution in [1.29, 1.82) is 0 Å². The van der Waals surface area contributed by atoms with Gasteiger partial charge in [-0.3, -0.25) is 4.79 Å². The number of benzene rings is 1. The van der Waals surface area contributed by atoms with Gasteiger partial charge in [-0.1, -0.05) is 23.2 Å². The number of hydrogen-bond donors (Lipinski definition) is 1. The number of nitrogens with one attached hydrogen (secondary N) is 1. The Morgan fingerprint density at radius 1 is 1.22 bits per heavy atom. The van der Waals surface area contributed by atoms with Crippen LogP contribution in [0.15, 0.2) is 28.0 Å². The van der Waals surface area contributed by atoms with Crippen molar-refractivity contribution in [3.8, 4) is 5.75 Å². The molecular formula is C15H12Cl3F4N2O3+. The minimum Gasteiger partial charge on any atom is -0.378 e. The lowest BCUT2D eigenvalue weighted by Gasteiger charge is -2.27. The molecule has 0 radical (unpaired) electrons. The molecule has 1 aromatic rings. The summed E-state index contributed by atoms with van der Waals surface area (Å²) >= 11 is 17.9. The van der Waals surface area contributed by atoms with Crippen LogP contribution < -0.4 is 10.3 Å². The average Bonchev–Trinajstić information content (AvgIpc) is 2.73. The van der Waals surface area contributed by atoms with E-state index in [1.165, 1.54) is 0 Å². The molecule has 1 heterocycles. The van der Waals surface area contributed by atoms with Gasteiger partial charge in [-0.2, -0.15) is 23.5 Å². The zero-order valence-electron chi connectivity index (χ0n) is 14.0. The van der Waals surface area contributed by atoms with Gasteiger partial charge < -0.3 is 4.84 Å². The molecule has 0 aliphatic carbocycles. The molecule has 2 rings (SSSR count). The van der Waals surface area contributed by atoms with Crippen LogP contribution in [0.4, 0.5) is 17.6 Å². The number of nitrogens with zero attached hydrogens (tertiary/aromatic N) is 1. The van der Waals surface area contributed by atoms with Crippen LogP contribution in [-0.2, 0) is 9.63 Å². The van der Waals surface area contributed by atoms with Gasteiger partial charge >= 0.3 is 6.18 Å². The fourth-order valence-electron chi connectivity index (χ4n) is 2.40. The molecule has 148 valence electrons. The molecule has 1 unspecified atom stereocenters. The number of carbonyl (C=O) groups excluding carboxylic acids is 1. The van der Waals surface area contributed by atoms with Crippen LogP contribution in [0, 0.1) is 5.82 Å². The van der Waals surface area contributed by atoms with E-state index in [4.69, 9.17) is 44.5 Å². The highest BCUT2D eigenvalue weighted by molar-refractivity contribution is 6.42. The summed E-state index contributed by atoms with van der Waals surface area (Å²) in [5, 5.41) is -1.61. The lowest BCUT2D eigenvalue weighted by atomic mass is 10.1. The Labute approximate surface area is 166 Å². The second-order valence-corrected chi connectivity index (χ2v) is 6.60. The van der Waals surface area contributed by atoms with Gasteiger partial charge in [0.1, 0.15) is 17.9 Å². The third-order valence-corrected chi connectivity index (χ3v) is 4.84. The maximum atomic E-state index is 14.5. The SMILES string of the molecule is CO[N+]1(C)C(Cl)=C(c2cc(ONC(C)=O)c(Cl)cc2F)C(Cl)=C1C(F)(F)F. The Morgan fingerprint density at radius 2 is 1.81 bits per heavy atom. The van der Waals surface area contributed by atoms with E-state index in [1.807, 2.05) is 5.48 Å². The highest BCUT2D eigenvalue weighted by atomic mass is 35.5. The highest BCUT2D eigenvalue weighted by Gasteiger charge is 2.59. The summed E-state index contributed by atoms with van der Waals surface area (Å²) in [6, 6.07) is 1.76. The molecule has 1 aliphatic heterocycles. The number of allylic oxidation sites excluding steroid dienone is 3. The average molecular weight is 451 g/mol. The zero-order valence-corrected chi connectivity index (χ0v) is 16.2. The van der Waals surface area contributed by atoms with E-state index in [1.54, 1.807) is 0 Å². The predicted octanol–water partition coefficient (Wildman–Crippen LogP) is 4.85. The molecule has 0 spiro atoms. The van der Waals surface area contributed by atoms with E-state index < -0.39 is 49.6 Å². The van der Waals surface area contributed by atoms with Crippen LogP contribution in [-0.4, -0.2) is 30.9 Å². The molecule has 0 bridgehead atoms. The lowest BCUT2D eigenvalue weighted by Crippen LogP contribution is -2.43. The molecule has 1 N–H and O–H groups in total. The first-order valence-electron chi connectivity index (χ1n) is 7.08. The number of amides is 1. The second kappa shape index (κ2) is 7.48. The predicted molar refractivity (Wildman–Crippen MR) is 90.8 cm³/mol. The van der Waals surface area contributed by atoms with E-state index in [0.717, 1.165) is 33.2 Å². The minimum atomic E-state index is -4.91. The van der Waals surface area contributed by atoms with Crippen molar-refractivity contribution in [2.45, 2.75) is 13.1 Å². The topological polar surface area (TPSA) is 47.6 Å². The molecule has 5 nitrogen and oxygen atoms in total. The number of rotatable bonds is 4. The summed E-state index contributed by atoms with van der Waals surface area (Å²) in [5.74, 6) is -1.82. The highest BCUT2D eigenvalue weighted by Crippen LogP contribution is 2.53. The van der Waals surface area contributed by atoms with Crippen molar-refractivity contribution in [3.05, 3.63) is 44.4 Å². The molecule has 27 heavy (non-hydrogen) atoms. The molecule has 1 aliphatic rings. The van der Waals surface area contributed by atoms with Crippen molar-refractivity contribution in [1.82, 2.24) is 5.48 Å². The summed E-state index contributed by atoms with van der Waals surface area (Å²) in [6.07, 6.45) is -4.91. The monoisotopic (exact) mass is 449 g/mol. The molecule has 12 heteroatoms. The third-order valence-electron chi connectivity index (χ3n) is 3.66. The van der Waals surface area contributed by atoms with Gasteiger partial charge in [0.15, 0.2) is 5.75 Å². The Hall–Kier alpha value is -1.52. The Balaban J connectivity index is 2.71. The Kier molecular flexibility index (Phi) is 6.03. The number of quaternary nitrogens is 1. The lowest BCUT2D eigenvalue weighted by molar-refractivity contribution is -1.03. The smallest absolute Gasteiger partial charge is 0.378 e. The van der Waals surface area contributed by atoms with Crippen molar-refractivity contribution >= 4 is 46.3 Å². The minimum absolute atomic E-state index is 0.225. The summed E-state index contributed by atoms with van der Waals surface area (Å²) in [7, 11) is 1.99. The second-order valence-electron chi connectivity index (χ2n) is 5.46. The van der Waals surface area contributed by atoms with Crippen LogP contribution in [0.5, 0.6) is 5.75 Å². The van der Waals surface area contributed by atoms with Gasteiger partial charge in [-0.05, 0) is 23.7 Å². The van der Waals surface area contributed by atoms with Gasteiger partial charge in [0.25, 0.3) is 5.70 Å². The fraction of sp³-hybridized carbons (Fsp3) is 0.267. The number of alkyl halides is 3. The summed E-state index contributed by atoms with van der Waals surface area (Å²) < 4.78 is 53.6. The van der Waals surface area contributed by atoms with E-state index in [0.29, 0.717) is 0 Å². The standard InChI is InChI=1S/C15H11Cl3F4N2O3/c1-6(25)23-27-10-4-7(9(19)5-8(10)16)11-12(17)13(15(20,21)22)24(2,26-3)14(11)18/h4-5H,1-3H3/p+1. The first-order chi connectivity index (χ1) is 12.3. The molecule has 0 fully saturated rings. The largest absolute Gasteiger partial charge is 0.472 e. The van der Waals surface area contributed by atoms with E-state index in [9.17, 15) is 22.4 Å². The van der Waals surface area contributed by atoms with Gasteiger partial charge in [0.05, 0.1) is 17.7 Å². The zero-order chi connectivity index (χ0) is 20.7. The maximum Gasteiger partial charge on any atom is 0.472 e. The third kappa shape index (κ3) is 3.88. The fourth-order valence-corrected chi connectivity index (χ4v) is 3.45. The first kappa shape index (κ1) is 21.8. The Morgan fingerprint density at radius 3 is 2.26 bits per heavy atom. The van der Waals surface area contributed by atoms with Crippen molar-refractivity contribution < 1.29 is 36.7 Å². The molecule has 1 atom stereocenters. The van der Waals surface area contributed by atoms with E-state index in [-0.39, 0.29) is 10.8 Å². The maximum absolute atomic E-state index is 14.5. The Bertz CT molecular complexity index is 871. The van der Waals surface area contributed by atoms with Crippen LogP contribution >= 0.6 is 34.8 Å². The summed E-state index contributed by atoms with van der Waals surface area (Å²) in [6.45, 7) is 1.14. The van der Waals surface area contributed by atoms with Gasteiger partial charge in [0.2, 0.25) is 11.1 Å². The van der Waals surface area contributed by atoms with E-state index >= 15 is 0 Å². The van der Waals surface area contributed by atoms with Crippen molar-refractivity contribution in [2.24, 2.45) is 0 Å². The first-order valence-corrected chi connectivity index (χ1v) is 8.21. The summed E-state index contributed by atoms with van der Waals surface area (Å²) in [4.78, 5) is 20.8. The van der Waals surface area contributed by atoms with Crippen molar-refractivity contribution in [2.75, 3.05) is 14.2 Å². The van der Waals surface area contributed by atoms with Gasteiger partial charge in [-0.15, -0.1) is 4.65 Å². The van der Waals surface area contributed by atoms with Gasteiger partial charge in [0, 0.05) is 12.5 Å². The normalized spacial score (nSPS) is 20.4. The molecule has 1 amide bonds. The molecule has 0 saturated carbocycles. The van der Waals surface area contributed by atoms with E-state index in [2.05, 4.69) is 0 Å². The number of carbonyl (C=O) groups is 1. The molecular weight excluding hydrogens is 439 g/mol. The number of hydroxylamine groups is 4. The van der Waals surface area contributed by atoms with Crippen LogP contribution in [0.3, 0.4) is 0 Å². The number of hydrogen-bond acceptors (Lipinski definition) is 3. The molecule has 1 aromatic carbocycles. The van der Waals surface area contributed by atoms with Crippen LogP contribution in [0.2, 0.25) is 5.02 Å². The summed E-state index contributed by atoms with van der Waals surface area (Å²) in [5.41, 5.74) is -0.222. The van der Waals surface area contributed by atoms with Gasteiger partial charge in [-0.25, -0.2) is 4.39 Å². The molecule has 0 saturated heterocycles. The molecule has 0 aromatic heterocycles. The number of halogens is 7. The van der Waals surface area contributed by atoms with Crippen molar-refractivity contribution in [3.63, 3.8) is 0 Å². The van der Waals surface area contributed by atoms with Crippen LogP contribution in [0.1, 0.15) is 12.5 Å².